The lowest BCUT2D eigenvalue weighted by molar-refractivity contribution is -0.142. The van der Waals surface area contributed by atoms with Crippen LogP contribution in [0.15, 0.2) is 30.3 Å². The number of benzene rings is 2. The van der Waals surface area contributed by atoms with Crippen LogP contribution in [0, 0.1) is 0 Å². The van der Waals surface area contributed by atoms with Crippen molar-refractivity contribution in [2.24, 2.45) is 0 Å². The molecular weight excluding hydrogens is 318 g/mol. The molecule has 2 aromatic rings. The van der Waals surface area contributed by atoms with Crippen molar-refractivity contribution in [1.82, 2.24) is 4.90 Å². The molecule has 8 nitrogen and oxygen atoms in total. The van der Waals surface area contributed by atoms with Crippen LogP contribution in [0.5, 0.6) is 5.75 Å². The zero-order chi connectivity index (χ0) is 17.9. The maximum Gasteiger partial charge on any atom is 0.339 e. The molecule has 0 bridgehead atoms. The summed E-state index contributed by atoms with van der Waals surface area (Å²) < 4.78 is 0. The number of phenols is 1. The van der Waals surface area contributed by atoms with Crippen LogP contribution in [-0.4, -0.2) is 56.3 Å². The lowest BCUT2D eigenvalue weighted by Crippen LogP contribution is -2.34. The van der Waals surface area contributed by atoms with E-state index < -0.39 is 36.7 Å². The van der Waals surface area contributed by atoms with E-state index in [1.807, 2.05) is 0 Å². The van der Waals surface area contributed by atoms with Gasteiger partial charge in [-0.3, -0.25) is 14.5 Å². The second-order valence-electron chi connectivity index (χ2n) is 5.21. The Morgan fingerprint density at radius 2 is 1.54 bits per heavy atom. The minimum Gasteiger partial charge on any atom is -0.507 e. The van der Waals surface area contributed by atoms with E-state index in [9.17, 15) is 24.6 Å². The van der Waals surface area contributed by atoms with Gasteiger partial charge < -0.3 is 20.4 Å². The molecule has 0 radical (unpaired) electrons. The monoisotopic (exact) mass is 333 g/mol. The molecule has 2 rings (SSSR count). The molecule has 0 saturated carbocycles. The highest BCUT2D eigenvalue weighted by atomic mass is 16.4. The predicted molar refractivity (Wildman–Crippen MR) is 83.1 cm³/mol. The van der Waals surface area contributed by atoms with Crippen molar-refractivity contribution >= 4 is 28.7 Å². The molecule has 0 unspecified atom stereocenters. The fourth-order valence-corrected chi connectivity index (χ4v) is 2.58. The van der Waals surface area contributed by atoms with Crippen molar-refractivity contribution in [1.29, 1.82) is 0 Å². The Labute approximate surface area is 136 Å². The van der Waals surface area contributed by atoms with Crippen molar-refractivity contribution in [3.05, 3.63) is 41.5 Å². The summed E-state index contributed by atoms with van der Waals surface area (Å²) in [6, 6.07) is 7.99. The summed E-state index contributed by atoms with van der Waals surface area (Å²) in [5.41, 5.74) is -0.199. The summed E-state index contributed by atoms with van der Waals surface area (Å²) in [7, 11) is 0. The van der Waals surface area contributed by atoms with Crippen molar-refractivity contribution in [3.63, 3.8) is 0 Å². The number of carboxylic acid groups (broad SMARTS) is 3. The summed E-state index contributed by atoms with van der Waals surface area (Å²) in [6.45, 7) is -1.39. The predicted octanol–water partition coefficient (Wildman–Crippen LogP) is 1.21. The minimum absolute atomic E-state index is 0.167. The molecule has 0 amide bonds. The molecule has 0 fully saturated rings. The molecular formula is C16H15NO7. The topological polar surface area (TPSA) is 135 Å². The summed E-state index contributed by atoms with van der Waals surface area (Å²) >= 11 is 0. The first-order valence-corrected chi connectivity index (χ1v) is 6.92. The van der Waals surface area contributed by atoms with E-state index in [0.29, 0.717) is 10.8 Å². The quantitative estimate of drug-likeness (QED) is 0.594. The Kier molecular flexibility index (Phi) is 5.00. The molecule has 24 heavy (non-hydrogen) atoms. The largest absolute Gasteiger partial charge is 0.507 e. The first kappa shape index (κ1) is 17.2. The average Bonchev–Trinajstić information content (AvgIpc) is 2.45. The van der Waals surface area contributed by atoms with Gasteiger partial charge in [-0.05, 0) is 22.4 Å². The molecule has 0 aliphatic rings. The van der Waals surface area contributed by atoms with E-state index in [4.69, 9.17) is 10.2 Å². The molecule has 0 spiro atoms. The van der Waals surface area contributed by atoms with E-state index in [0.717, 1.165) is 4.90 Å². The van der Waals surface area contributed by atoms with Gasteiger partial charge >= 0.3 is 17.9 Å². The van der Waals surface area contributed by atoms with Crippen molar-refractivity contribution in [3.8, 4) is 5.75 Å². The number of rotatable bonds is 7. The zero-order valence-electron chi connectivity index (χ0n) is 12.5. The van der Waals surface area contributed by atoms with Gasteiger partial charge in [0.05, 0.1) is 13.1 Å². The van der Waals surface area contributed by atoms with Gasteiger partial charge in [0, 0.05) is 6.54 Å². The lowest BCUT2D eigenvalue weighted by Gasteiger charge is -2.21. The van der Waals surface area contributed by atoms with E-state index >= 15 is 0 Å². The fraction of sp³-hybridized carbons (Fsp3) is 0.188. The maximum absolute atomic E-state index is 11.5. The number of hydrogen-bond donors (Lipinski definition) is 4. The van der Waals surface area contributed by atoms with Gasteiger partial charge in [0.2, 0.25) is 0 Å². The SMILES string of the molecule is O=C(O)CN(CC(=O)O)Cc1c(C(=O)O)c(O)cc2ccccc12. The zero-order valence-corrected chi connectivity index (χ0v) is 12.5. The normalized spacial score (nSPS) is 10.9. The van der Waals surface area contributed by atoms with Crippen LogP contribution in [-0.2, 0) is 16.1 Å². The third-order valence-corrected chi connectivity index (χ3v) is 3.45. The third-order valence-electron chi connectivity index (χ3n) is 3.45. The van der Waals surface area contributed by atoms with Gasteiger partial charge in [0.15, 0.2) is 0 Å². The molecule has 0 aliphatic heterocycles. The van der Waals surface area contributed by atoms with Crippen LogP contribution in [0.25, 0.3) is 10.8 Å². The van der Waals surface area contributed by atoms with Crippen LogP contribution in [0.4, 0.5) is 0 Å². The summed E-state index contributed by atoms with van der Waals surface area (Å²) in [5.74, 6) is -4.31. The fourth-order valence-electron chi connectivity index (χ4n) is 2.58. The maximum atomic E-state index is 11.5. The number of nitrogens with zero attached hydrogens (tertiary/aromatic N) is 1. The molecule has 126 valence electrons. The van der Waals surface area contributed by atoms with Gasteiger partial charge in [-0.2, -0.15) is 0 Å². The number of aromatic hydroxyl groups is 1. The molecule has 0 saturated heterocycles. The number of carboxylic acids is 3. The average molecular weight is 333 g/mol. The third kappa shape index (κ3) is 3.79. The van der Waals surface area contributed by atoms with Gasteiger partial charge in [0.25, 0.3) is 0 Å². The highest BCUT2D eigenvalue weighted by Gasteiger charge is 2.22. The van der Waals surface area contributed by atoms with Gasteiger partial charge in [-0.25, -0.2) is 4.79 Å². The second-order valence-corrected chi connectivity index (χ2v) is 5.21. The summed E-state index contributed by atoms with van der Waals surface area (Å²) in [6.07, 6.45) is 0. The number of carbonyl (C=O) groups is 3. The van der Waals surface area contributed by atoms with E-state index in [1.54, 1.807) is 24.3 Å². The van der Waals surface area contributed by atoms with E-state index in [1.165, 1.54) is 6.07 Å². The van der Waals surface area contributed by atoms with Gasteiger partial charge in [-0.1, -0.05) is 24.3 Å². The van der Waals surface area contributed by atoms with Crippen LogP contribution < -0.4 is 0 Å². The highest BCUT2D eigenvalue weighted by molar-refractivity contribution is 6.01. The number of aliphatic carboxylic acids is 2. The Balaban J connectivity index is 2.58. The highest BCUT2D eigenvalue weighted by Crippen LogP contribution is 2.31. The molecule has 0 aromatic heterocycles. The standard InChI is InChI=1S/C16H15NO7/c18-12-5-9-3-1-2-4-10(9)11(15(12)16(23)24)6-17(7-13(19)20)8-14(21)22/h1-5,18H,6-8H2,(H,19,20)(H,21,22)(H,23,24). The number of aromatic carboxylic acids is 1. The van der Waals surface area contributed by atoms with Gasteiger partial charge in [-0.15, -0.1) is 0 Å². The minimum atomic E-state index is -1.38. The van der Waals surface area contributed by atoms with Crippen LogP contribution >= 0.6 is 0 Å². The van der Waals surface area contributed by atoms with Crippen molar-refractivity contribution in [2.75, 3.05) is 13.1 Å². The summed E-state index contributed by atoms with van der Waals surface area (Å²) in [4.78, 5) is 34.4. The van der Waals surface area contributed by atoms with Crippen LogP contribution in [0.2, 0.25) is 0 Å². The number of hydrogen-bond acceptors (Lipinski definition) is 5. The smallest absolute Gasteiger partial charge is 0.339 e. The van der Waals surface area contributed by atoms with E-state index in [-0.39, 0.29) is 17.7 Å². The van der Waals surface area contributed by atoms with Crippen LogP contribution in [0.1, 0.15) is 15.9 Å². The summed E-state index contributed by atoms with van der Waals surface area (Å²) in [5, 5.41) is 38.3. The number of fused-ring (bicyclic) bond motifs is 1. The van der Waals surface area contributed by atoms with Crippen molar-refractivity contribution < 1.29 is 34.8 Å². The molecule has 8 heteroatoms. The van der Waals surface area contributed by atoms with Gasteiger partial charge in [0.1, 0.15) is 11.3 Å². The molecule has 0 atom stereocenters. The Hall–Kier alpha value is -3.13. The Morgan fingerprint density at radius 3 is 2.08 bits per heavy atom. The Bertz CT molecular complexity index is 799. The first-order chi connectivity index (χ1) is 11.3. The van der Waals surface area contributed by atoms with E-state index in [2.05, 4.69) is 0 Å². The molecule has 4 N–H and O–H groups in total. The Morgan fingerprint density at radius 1 is 0.958 bits per heavy atom. The first-order valence-electron chi connectivity index (χ1n) is 6.92. The molecule has 2 aromatic carbocycles. The molecule has 0 aliphatic carbocycles. The second kappa shape index (κ2) is 6.97. The lowest BCUT2D eigenvalue weighted by atomic mass is 9.97. The molecule has 0 heterocycles. The van der Waals surface area contributed by atoms with Crippen molar-refractivity contribution in [2.45, 2.75) is 6.54 Å². The van der Waals surface area contributed by atoms with Crippen LogP contribution in [0.3, 0.4) is 0 Å².